The number of fused-ring (bicyclic) bond motifs is 3. The Bertz CT molecular complexity index is 1570. The van der Waals surface area contributed by atoms with E-state index in [-0.39, 0.29) is 11.2 Å². The summed E-state index contributed by atoms with van der Waals surface area (Å²) in [7, 11) is 1.55. The Morgan fingerprint density at radius 2 is 1.88 bits per heavy atom. The second-order valence-electron chi connectivity index (χ2n) is 7.32. The molecule has 0 saturated carbocycles. The van der Waals surface area contributed by atoms with Crippen LogP contribution in [0.15, 0.2) is 82.7 Å². The maximum absolute atomic E-state index is 13.7. The average molecular weight is 458 g/mol. The molecule has 0 bridgehead atoms. The lowest BCUT2D eigenvalue weighted by molar-refractivity contribution is -0.384. The number of hydrogen-bond donors (Lipinski definition) is 1. The molecule has 0 aliphatic heterocycles. The third-order valence-electron chi connectivity index (χ3n) is 5.31. The summed E-state index contributed by atoms with van der Waals surface area (Å²) in [5, 5.41) is 12.5. The van der Waals surface area contributed by atoms with Crippen LogP contribution in [0.3, 0.4) is 0 Å². The van der Waals surface area contributed by atoms with Gasteiger partial charge in [0.1, 0.15) is 16.8 Å². The standard InChI is InChI=1S/C24H18N4O4S/c1-32-20-12-5-4-11-19(20)27-23(29)22-21(17-9-2-3-10-18(17)25-22)26-24(27)33-14-15-7-6-8-16(13-15)28(30)31/h2-13,25H,14H2,1H3. The van der Waals surface area contributed by atoms with E-state index in [2.05, 4.69) is 4.98 Å². The van der Waals surface area contributed by atoms with Crippen molar-refractivity contribution in [2.75, 3.05) is 7.11 Å². The number of nitro benzene ring substituents is 1. The van der Waals surface area contributed by atoms with Crippen molar-refractivity contribution in [2.45, 2.75) is 10.9 Å². The van der Waals surface area contributed by atoms with Crippen LogP contribution >= 0.6 is 11.8 Å². The van der Waals surface area contributed by atoms with Crippen molar-refractivity contribution in [3.8, 4) is 11.4 Å². The third kappa shape index (κ3) is 3.72. The number of para-hydroxylation sites is 3. The lowest BCUT2D eigenvalue weighted by Crippen LogP contribution is -2.22. The highest BCUT2D eigenvalue weighted by molar-refractivity contribution is 7.98. The monoisotopic (exact) mass is 458 g/mol. The Morgan fingerprint density at radius 3 is 2.70 bits per heavy atom. The maximum Gasteiger partial charge on any atom is 0.283 e. The van der Waals surface area contributed by atoms with Gasteiger partial charge >= 0.3 is 0 Å². The molecule has 2 aromatic heterocycles. The van der Waals surface area contributed by atoms with Crippen molar-refractivity contribution in [3.63, 3.8) is 0 Å². The molecule has 3 aromatic carbocycles. The molecule has 1 N–H and O–H groups in total. The molecule has 164 valence electrons. The molecule has 2 heterocycles. The van der Waals surface area contributed by atoms with Crippen LogP contribution in [0.25, 0.3) is 27.6 Å². The molecular formula is C24H18N4O4S. The Hall–Kier alpha value is -4.11. The van der Waals surface area contributed by atoms with Gasteiger partial charge in [0.2, 0.25) is 0 Å². The number of nitro groups is 1. The summed E-state index contributed by atoms with van der Waals surface area (Å²) in [5.41, 5.74) is 2.92. The van der Waals surface area contributed by atoms with Crippen molar-refractivity contribution in [1.82, 2.24) is 14.5 Å². The van der Waals surface area contributed by atoms with Gasteiger partial charge in [-0.2, -0.15) is 0 Å². The highest BCUT2D eigenvalue weighted by Gasteiger charge is 2.19. The van der Waals surface area contributed by atoms with E-state index in [1.54, 1.807) is 25.3 Å². The average Bonchev–Trinajstić information content (AvgIpc) is 3.22. The van der Waals surface area contributed by atoms with Gasteiger partial charge in [0.15, 0.2) is 5.16 Å². The minimum atomic E-state index is -0.421. The predicted octanol–water partition coefficient (Wildman–Crippen LogP) is 5.08. The zero-order chi connectivity index (χ0) is 22.9. The summed E-state index contributed by atoms with van der Waals surface area (Å²) >= 11 is 1.34. The molecule has 0 saturated heterocycles. The molecule has 5 aromatic rings. The van der Waals surface area contributed by atoms with Crippen LogP contribution in [0.5, 0.6) is 5.75 Å². The van der Waals surface area contributed by atoms with E-state index in [1.807, 2.05) is 42.5 Å². The summed E-state index contributed by atoms with van der Waals surface area (Å²) in [4.78, 5) is 32.4. The van der Waals surface area contributed by atoms with Gasteiger partial charge in [0.05, 0.1) is 17.7 Å². The largest absolute Gasteiger partial charge is 0.495 e. The number of rotatable bonds is 6. The molecule has 0 aliphatic carbocycles. The Labute approximate surface area is 192 Å². The van der Waals surface area contributed by atoms with Crippen molar-refractivity contribution in [3.05, 3.63) is 98.8 Å². The number of ether oxygens (including phenoxy) is 1. The number of thioether (sulfide) groups is 1. The lowest BCUT2D eigenvalue weighted by Gasteiger charge is -2.15. The Morgan fingerprint density at radius 1 is 1.09 bits per heavy atom. The number of nitrogens with one attached hydrogen (secondary N) is 1. The minimum absolute atomic E-state index is 0.0234. The van der Waals surface area contributed by atoms with Crippen LogP contribution in [0.1, 0.15) is 5.56 Å². The van der Waals surface area contributed by atoms with E-state index in [4.69, 9.17) is 9.72 Å². The zero-order valence-electron chi connectivity index (χ0n) is 17.5. The van der Waals surface area contributed by atoms with Crippen LogP contribution in [0.4, 0.5) is 5.69 Å². The van der Waals surface area contributed by atoms with Crippen molar-refractivity contribution in [1.29, 1.82) is 0 Å². The Kier molecular flexibility index (Phi) is 5.31. The number of hydrogen-bond acceptors (Lipinski definition) is 6. The number of H-pyrrole nitrogens is 1. The van der Waals surface area contributed by atoms with Crippen molar-refractivity contribution >= 4 is 39.4 Å². The SMILES string of the molecule is COc1ccccc1-n1c(SCc2cccc([N+](=O)[O-])c2)nc2c([nH]c3ccccc32)c1=O. The number of nitrogens with zero attached hydrogens (tertiary/aromatic N) is 3. The summed E-state index contributed by atoms with van der Waals surface area (Å²) in [5.74, 6) is 0.936. The lowest BCUT2D eigenvalue weighted by atomic mass is 10.2. The van der Waals surface area contributed by atoms with E-state index in [0.29, 0.717) is 33.4 Å². The van der Waals surface area contributed by atoms with Gasteiger partial charge in [-0.3, -0.25) is 14.9 Å². The molecule has 0 atom stereocenters. The van der Waals surface area contributed by atoms with E-state index in [1.165, 1.54) is 28.5 Å². The van der Waals surface area contributed by atoms with Gasteiger partial charge in [-0.25, -0.2) is 9.55 Å². The molecule has 33 heavy (non-hydrogen) atoms. The molecule has 0 amide bonds. The molecule has 5 rings (SSSR count). The van der Waals surface area contributed by atoms with Crippen LogP contribution in [-0.4, -0.2) is 26.6 Å². The molecule has 0 aliphatic rings. The van der Waals surface area contributed by atoms with Crippen LogP contribution in [0.2, 0.25) is 0 Å². The summed E-state index contributed by atoms with van der Waals surface area (Å²) in [6.07, 6.45) is 0. The number of aromatic nitrogens is 3. The topological polar surface area (TPSA) is 103 Å². The van der Waals surface area contributed by atoms with Gasteiger partial charge in [0.25, 0.3) is 11.2 Å². The second-order valence-corrected chi connectivity index (χ2v) is 8.26. The highest BCUT2D eigenvalue weighted by atomic mass is 32.2. The summed E-state index contributed by atoms with van der Waals surface area (Å²) in [6, 6.07) is 21.3. The van der Waals surface area contributed by atoms with Crippen LogP contribution < -0.4 is 10.3 Å². The fourth-order valence-corrected chi connectivity index (χ4v) is 4.72. The zero-order valence-corrected chi connectivity index (χ0v) is 18.3. The molecule has 8 nitrogen and oxygen atoms in total. The van der Waals surface area contributed by atoms with Gasteiger partial charge < -0.3 is 9.72 Å². The van der Waals surface area contributed by atoms with Crippen LogP contribution in [0, 0.1) is 10.1 Å². The number of methoxy groups -OCH3 is 1. The number of benzene rings is 3. The van der Waals surface area contributed by atoms with Crippen LogP contribution in [-0.2, 0) is 5.75 Å². The molecule has 0 unspecified atom stereocenters. The first-order valence-electron chi connectivity index (χ1n) is 10.1. The van der Waals surface area contributed by atoms with Gasteiger partial charge in [-0.05, 0) is 23.8 Å². The second kappa shape index (κ2) is 8.44. The quantitative estimate of drug-likeness (QED) is 0.165. The minimum Gasteiger partial charge on any atom is -0.495 e. The summed E-state index contributed by atoms with van der Waals surface area (Å²) in [6.45, 7) is 0. The smallest absolute Gasteiger partial charge is 0.283 e. The fourth-order valence-electron chi connectivity index (χ4n) is 3.77. The van der Waals surface area contributed by atoms with E-state index < -0.39 is 4.92 Å². The first-order chi connectivity index (χ1) is 16.1. The molecule has 9 heteroatoms. The maximum atomic E-state index is 13.7. The number of aromatic amines is 1. The predicted molar refractivity (Wildman–Crippen MR) is 128 cm³/mol. The molecule has 0 spiro atoms. The van der Waals surface area contributed by atoms with Crippen molar-refractivity contribution in [2.24, 2.45) is 0 Å². The first kappa shape index (κ1) is 20.8. The highest BCUT2D eigenvalue weighted by Crippen LogP contribution is 2.31. The summed E-state index contributed by atoms with van der Waals surface area (Å²) < 4.78 is 7.03. The van der Waals surface area contributed by atoms with Crippen molar-refractivity contribution < 1.29 is 9.66 Å². The molecule has 0 fully saturated rings. The molecular weight excluding hydrogens is 440 g/mol. The first-order valence-corrected chi connectivity index (χ1v) is 11.1. The van der Waals surface area contributed by atoms with E-state index in [0.717, 1.165) is 16.5 Å². The van der Waals surface area contributed by atoms with E-state index >= 15 is 0 Å². The van der Waals surface area contributed by atoms with Gasteiger partial charge in [-0.15, -0.1) is 0 Å². The van der Waals surface area contributed by atoms with Gasteiger partial charge in [0, 0.05) is 28.8 Å². The van der Waals surface area contributed by atoms with Gasteiger partial charge in [-0.1, -0.05) is 54.2 Å². The molecule has 0 radical (unpaired) electrons. The third-order valence-corrected chi connectivity index (χ3v) is 6.32. The normalized spacial score (nSPS) is 11.2. The number of non-ortho nitro benzene ring substituents is 1. The van der Waals surface area contributed by atoms with E-state index in [9.17, 15) is 14.9 Å². The Balaban J connectivity index is 1.70. The fraction of sp³-hybridized carbons (Fsp3) is 0.0833.